The molecule has 1 aromatic rings. The van der Waals surface area contributed by atoms with E-state index >= 15 is 0 Å². The largest absolute Gasteiger partial charge is 0.480 e. The smallest absolute Gasteiger partial charge is 0.317 e. The highest BCUT2D eigenvalue weighted by molar-refractivity contribution is 5.75. The number of likely N-dealkylation sites (N-methyl/N-ethyl adjacent to an activating group) is 1. The number of carbonyl (C=O) groups excluding carboxylic acids is 1. The van der Waals surface area contributed by atoms with Crippen molar-refractivity contribution in [2.24, 2.45) is 0 Å². The van der Waals surface area contributed by atoms with E-state index in [0.717, 1.165) is 32.4 Å². The number of urea groups is 1. The standard InChI is InChI=1S/C21H31N3O3/c1-4-23(13-20(25)26)19-10-18(11-19)22-21(27)24-12-17(9-15(24)3)16-7-5-14(2)6-8-16/h5-8,15,17-19H,4,9-13H2,1-3H3,(H,22,27)(H,25,26). The van der Waals surface area contributed by atoms with Crippen LogP contribution in [0.3, 0.4) is 0 Å². The zero-order valence-electron chi connectivity index (χ0n) is 16.5. The van der Waals surface area contributed by atoms with Crippen LogP contribution in [-0.2, 0) is 4.79 Å². The van der Waals surface area contributed by atoms with Crippen molar-refractivity contribution in [3.63, 3.8) is 0 Å². The van der Waals surface area contributed by atoms with E-state index in [1.807, 2.05) is 16.7 Å². The molecule has 1 saturated carbocycles. The summed E-state index contributed by atoms with van der Waals surface area (Å²) in [5.41, 5.74) is 2.56. The quantitative estimate of drug-likeness (QED) is 0.804. The molecule has 27 heavy (non-hydrogen) atoms. The van der Waals surface area contributed by atoms with Gasteiger partial charge in [-0.15, -0.1) is 0 Å². The minimum Gasteiger partial charge on any atom is -0.480 e. The fraction of sp³-hybridized carbons (Fsp3) is 0.619. The Morgan fingerprint density at radius 2 is 1.89 bits per heavy atom. The maximum Gasteiger partial charge on any atom is 0.317 e. The molecule has 0 spiro atoms. The van der Waals surface area contributed by atoms with Gasteiger partial charge >= 0.3 is 12.0 Å². The lowest BCUT2D eigenvalue weighted by Gasteiger charge is -2.42. The van der Waals surface area contributed by atoms with Crippen LogP contribution in [0.5, 0.6) is 0 Å². The first-order valence-electron chi connectivity index (χ1n) is 9.97. The lowest BCUT2D eigenvalue weighted by molar-refractivity contribution is -0.139. The van der Waals surface area contributed by atoms with Crippen LogP contribution in [0.4, 0.5) is 4.79 Å². The number of carboxylic acid groups (broad SMARTS) is 1. The van der Waals surface area contributed by atoms with Gasteiger partial charge in [-0.25, -0.2) is 4.79 Å². The number of benzene rings is 1. The monoisotopic (exact) mass is 373 g/mol. The second-order valence-electron chi connectivity index (χ2n) is 8.07. The van der Waals surface area contributed by atoms with Gasteiger partial charge in [-0.2, -0.15) is 0 Å². The average Bonchev–Trinajstić information content (AvgIpc) is 2.98. The molecule has 3 rings (SSSR count). The van der Waals surface area contributed by atoms with E-state index in [4.69, 9.17) is 5.11 Å². The van der Waals surface area contributed by atoms with Gasteiger partial charge in [-0.05, 0) is 45.2 Å². The van der Waals surface area contributed by atoms with Crippen LogP contribution in [-0.4, -0.2) is 64.7 Å². The molecule has 2 atom stereocenters. The predicted octanol–water partition coefficient (Wildman–Crippen LogP) is 2.82. The summed E-state index contributed by atoms with van der Waals surface area (Å²) < 4.78 is 0. The van der Waals surface area contributed by atoms with Crippen LogP contribution in [0.1, 0.15) is 50.2 Å². The molecule has 1 heterocycles. The maximum absolute atomic E-state index is 12.7. The third-order valence-corrected chi connectivity index (χ3v) is 6.09. The zero-order chi connectivity index (χ0) is 19.6. The van der Waals surface area contributed by atoms with E-state index in [0.29, 0.717) is 5.92 Å². The Kier molecular flexibility index (Phi) is 6.05. The number of nitrogens with zero attached hydrogens (tertiary/aromatic N) is 2. The number of carbonyl (C=O) groups is 2. The molecule has 1 aliphatic heterocycles. The molecule has 2 unspecified atom stereocenters. The van der Waals surface area contributed by atoms with Crippen LogP contribution in [0, 0.1) is 6.92 Å². The van der Waals surface area contributed by atoms with Gasteiger partial charge in [0.25, 0.3) is 0 Å². The Hall–Kier alpha value is -2.08. The number of nitrogens with one attached hydrogen (secondary N) is 1. The first-order valence-corrected chi connectivity index (χ1v) is 9.97. The summed E-state index contributed by atoms with van der Waals surface area (Å²) in [6, 6.07) is 9.26. The van der Waals surface area contributed by atoms with Crippen LogP contribution in [0.25, 0.3) is 0 Å². The molecule has 0 radical (unpaired) electrons. The number of amides is 2. The van der Waals surface area contributed by atoms with Gasteiger partial charge in [0, 0.05) is 30.6 Å². The third-order valence-electron chi connectivity index (χ3n) is 6.09. The summed E-state index contributed by atoms with van der Waals surface area (Å²) in [4.78, 5) is 27.6. The number of aliphatic carboxylic acids is 1. The van der Waals surface area contributed by atoms with Crippen molar-refractivity contribution in [1.82, 2.24) is 15.1 Å². The van der Waals surface area contributed by atoms with E-state index in [1.165, 1.54) is 11.1 Å². The van der Waals surface area contributed by atoms with Gasteiger partial charge < -0.3 is 15.3 Å². The van der Waals surface area contributed by atoms with Gasteiger partial charge in [-0.3, -0.25) is 9.69 Å². The molecule has 1 saturated heterocycles. The highest BCUT2D eigenvalue weighted by Gasteiger charge is 2.38. The molecule has 0 aromatic heterocycles. The minimum atomic E-state index is -0.794. The molecule has 6 nitrogen and oxygen atoms in total. The molecule has 148 valence electrons. The van der Waals surface area contributed by atoms with Crippen LogP contribution in [0.15, 0.2) is 24.3 Å². The maximum atomic E-state index is 12.7. The lowest BCUT2D eigenvalue weighted by atomic mass is 9.85. The van der Waals surface area contributed by atoms with Crippen molar-refractivity contribution in [3.05, 3.63) is 35.4 Å². The van der Waals surface area contributed by atoms with E-state index in [1.54, 1.807) is 0 Å². The Bertz CT molecular complexity index is 670. The van der Waals surface area contributed by atoms with Crippen molar-refractivity contribution in [1.29, 1.82) is 0 Å². The minimum absolute atomic E-state index is 0.0156. The van der Waals surface area contributed by atoms with Gasteiger partial charge in [0.15, 0.2) is 0 Å². The Morgan fingerprint density at radius 1 is 1.22 bits per heavy atom. The number of likely N-dealkylation sites (tertiary alicyclic amines) is 1. The molecule has 6 heteroatoms. The fourth-order valence-corrected chi connectivity index (χ4v) is 4.33. The summed E-state index contributed by atoms with van der Waals surface area (Å²) in [7, 11) is 0. The average molecular weight is 373 g/mol. The second-order valence-corrected chi connectivity index (χ2v) is 8.07. The summed E-state index contributed by atoms with van der Waals surface area (Å²) in [6.45, 7) is 7.73. The van der Waals surface area contributed by atoms with Gasteiger partial charge in [-0.1, -0.05) is 36.8 Å². The summed E-state index contributed by atoms with van der Waals surface area (Å²) in [6.07, 6.45) is 2.65. The third kappa shape index (κ3) is 4.61. The fourth-order valence-electron chi connectivity index (χ4n) is 4.33. The number of hydrogen-bond acceptors (Lipinski definition) is 3. The van der Waals surface area contributed by atoms with E-state index in [-0.39, 0.29) is 30.7 Å². The lowest BCUT2D eigenvalue weighted by Crippen LogP contribution is -2.57. The number of rotatable bonds is 6. The Morgan fingerprint density at radius 3 is 2.48 bits per heavy atom. The molecule has 2 fully saturated rings. The highest BCUT2D eigenvalue weighted by Crippen LogP contribution is 2.32. The van der Waals surface area contributed by atoms with E-state index < -0.39 is 5.97 Å². The van der Waals surface area contributed by atoms with Crippen molar-refractivity contribution in [2.75, 3.05) is 19.6 Å². The second kappa shape index (κ2) is 8.30. The van der Waals surface area contributed by atoms with Gasteiger partial charge in [0.2, 0.25) is 0 Å². The molecular weight excluding hydrogens is 342 g/mol. The first kappa shape index (κ1) is 19.7. The normalized spacial score (nSPS) is 27.5. The van der Waals surface area contributed by atoms with Crippen LogP contribution < -0.4 is 5.32 Å². The number of aryl methyl sites for hydroxylation is 1. The number of hydrogen-bond donors (Lipinski definition) is 2. The SMILES string of the molecule is CCN(CC(=O)O)C1CC(NC(=O)N2CC(c3ccc(C)cc3)CC2C)C1. The molecule has 1 aliphatic carbocycles. The number of carboxylic acids is 1. The molecule has 2 N–H and O–H groups in total. The predicted molar refractivity (Wildman–Crippen MR) is 105 cm³/mol. The van der Waals surface area contributed by atoms with Crippen molar-refractivity contribution in [3.8, 4) is 0 Å². The van der Waals surface area contributed by atoms with Crippen LogP contribution >= 0.6 is 0 Å². The van der Waals surface area contributed by atoms with Gasteiger partial charge in [0.1, 0.15) is 0 Å². The van der Waals surface area contributed by atoms with Crippen LogP contribution in [0.2, 0.25) is 0 Å². The molecule has 2 aliphatic rings. The van der Waals surface area contributed by atoms with Crippen molar-refractivity contribution >= 4 is 12.0 Å². The molecule has 0 bridgehead atoms. The molecule has 2 amide bonds. The molecular formula is C21H31N3O3. The van der Waals surface area contributed by atoms with Gasteiger partial charge in [0.05, 0.1) is 6.54 Å². The van der Waals surface area contributed by atoms with E-state index in [2.05, 4.69) is 43.4 Å². The zero-order valence-corrected chi connectivity index (χ0v) is 16.5. The Labute approximate surface area is 161 Å². The Balaban J connectivity index is 1.49. The summed E-state index contributed by atoms with van der Waals surface area (Å²) in [5.74, 6) is -0.399. The highest BCUT2D eigenvalue weighted by atomic mass is 16.4. The van der Waals surface area contributed by atoms with Crippen molar-refractivity contribution < 1.29 is 14.7 Å². The summed E-state index contributed by atoms with van der Waals surface area (Å²) >= 11 is 0. The topological polar surface area (TPSA) is 72.9 Å². The molecule has 1 aromatic carbocycles. The summed E-state index contributed by atoms with van der Waals surface area (Å²) in [5, 5.41) is 12.1. The first-order chi connectivity index (χ1) is 12.9. The van der Waals surface area contributed by atoms with Crippen molar-refractivity contribution in [2.45, 2.75) is 64.1 Å². The van der Waals surface area contributed by atoms with E-state index in [9.17, 15) is 9.59 Å².